The first-order chi connectivity index (χ1) is 24.8. The van der Waals surface area contributed by atoms with Crippen molar-refractivity contribution in [1.82, 2.24) is 14.7 Å². The summed E-state index contributed by atoms with van der Waals surface area (Å²) in [6.07, 6.45) is 1.80. The molecule has 4 aliphatic rings. The molecule has 6 atom stereocenters. The highest BCUT2D eigenvalue weighted by Gasteiger charge is 2.68. The second kappa shape index (κ2) is 12.0. The van der Waals surface area contributed by atoms with Gasteiger partial charge in [0.2, 0.25) is 23.6 Å². The van der Waals surface area contributed by atoms with Crippen LogP contribution in [0.3, 0.4) is 0 Å². The fourth-order valence-corrected chi connectivity index (χ4v) is 10.5. The molecule has 0 spiro atoms. The average molecular weight is 743 g/mol. The molecule has 14 heteroatoms. The van der Waals surface area contributed by atoms with Gasteiger partial charge < -0.3 is 14.9 Å². The van der Waals surface area contributed by atoms with Crippen LogP contribution in [0, 0.1) is 36.0 Å². The van der Waals surface area contributed by atoms with Crippen LogP contribution >= 0.6 is 22.9 Å². The Balaban J connectivity index is 1.24. The zero-order valence-corrected chi connectivity index (χ0v) is 30.3. The Bertz CT molecular complexity index is 2290. The van der Waals surface area contributed by atoms with E-state index in [-0.39, 0.29) is 37.4 Å². The maximum Gasteiger partial charge on any atom is 0.305 e. The molecule has 4 aromatic rings. The van der Waals surface area contributed by atoms with Gasteiger partial charge in [0.25, 0.3) is 0 Å². The molecule has 4 heterocycles. The lowest BCUT2D eigenvalue weighted by Crippen LogP contribution is -2.49. The van der Waals surface area contributed by atoms with Crippen LogP contribution < -0.4 is 9.64 Å². The maximum absolute atomic E-state index is 15.0. The summed E-state index contributed by atoms with van der Waals surface area (Å²) >= 11 is 7.83. The Morgan fingerprint density at radius 3 is 2.58 bits per heavy atom. The fraction of sp³-hybridized carbons (Fsp3) is 0.368. The summed E-state index contributed by atoms with van der Waals surface area (Å²) in [6, 6.07) is 12.1. The van der Waals surface area contributed by atoms with Crippen LogP contribution in [-0.2, 0) is 31.0 Å². The monoisotopic (exact) mass is 742 g/mol. The number of benzene rings is 2. The van der Waals surface area contributed by atoms with Gasteiger partial charge in [0, 0.05) is 40.9 Å². The lowest BCUT2D eigenvalue weighted by molar-refractivity contribution is -0.142. The minimum Gasteiger partial charge on any atom is -0.508 e. The number of phenolic OH excluding ortho intramolecular Hbond substituents is 1. The Morgan fingerprint density at radius 2 is 1.85 bits per heavy atom. The number of allylic oxidation sites excluding steroid dienone is 2. The van der Waals surface area contributed by atoms with Crippen molar-refractivity contribution in [2.24, 2.45) is 36.1 Å². The van der Waals surface area contributed by atoms with E-state index in [1.54, 1.807) is 32.2 Å². The Morgan fingerprint density at radius 1 is 1.08 bits per heavy atom. The molecule has 52 heavy (non-hydrogen) atoms. The molecule has 0 radical (unpaired) electrons. The number of fused-ring (bicyclic) bond motifs is 5. The van der Waals surface area contributed by atoms with Gasteiger partial charge in [-0.3, -0.25) is 33.6 Å². The highest BCUT2D eigenvalue weighted by atomic mass is 35.5. The minimum atomic E-state index is -1.40. The first-order valence-corrected chi connectivity index (χ1v) is 18.2. The lowest BCUT2D eigenvalue weighted by Gasteiger charge is -2.49. The summed E-state index contributed by atoms with van der Waals surface area (Å²) < 4.78 is 8.05. The molecule has 2 N–H and O–H groups in total. The van der Waals surface area contributed by atoms with Crippen LogP contribution in [0.1, 0.15) is 43.2 Å². The van der Waals surface area contributed by atoms with Gasteiger partial charge in [0.15, 0.2) is 0 Å². The van der Waals surface area contributed by atoms with Crippen LogP contribution in [-0.4, -0.2) is 68.1 Å². The van der Waals surface area contributed by atoms with Crippen molar-refractivity contribution in [2.45, 2.75) is 39.0 Å². The number of carbonyl (C=O) groups is 5. The van der Waals surface area contributed by atoms with Crippen LogP contribution in [0.4, 0.5) is 5.82 Å². The molecule has 268 valence electrons. The van der Waals surface area contributed by atoms with Crippen molar-refractivity contribution < 1.29 is 38.9 Å². The molecule has 8 rings (SSSR count). The number of halogens is 1. The van der Waals surface area contributed by atoms with E-state index in [1.165, 1.54) is 34.1 Å². The van der Waals surface area contributed by atoms with Crippen LogP contribution in [0.2, 0.25) is 5.02 Å². The first kappa shape index (κ1) is 34.1. The number of ether oxygens (including phenoxy) is 1. The normalized spacial score (nSPS) is 26.9. The summed E-state index contributed by atoms with van der Waals surface area (Å²) in [6.45, 7) is 3.47. The number of aryl methyl sites for hydroxylation is 2. The number of methoxy groups -OCH3 is 1. The smallest absolute Gasteiger partial charge is 0.305 e. The third-order valence-electron chi connectivity index (χ3n) is 11.7. The van der Waals surface area contributed by atoms with Crippen molar-refractivity contribution in [3.63, 3.8) is 0 Å². The number of amides is 4. The molecule has 2 aromatic carbocycles. The summed E-state index contributed by atoms with van der Waals surface area (Å²) in [4.78, 5) is 71.7. The van der Waals surface area contributed by atoms with Gasteiger partial charge in [-0.05, 0) is 80.0 Å². The summed E-state index contributed by atoms with van der Waals surface area (Å²) in [5.41, 5.74) is 1.22. The largest absolute Gasteiger partial charge is 0.508 e. The topological polar surface area (TPSA) is 159 Å². The van der Waals surface area contributed by atoms with Crippen molar-refractivity contribution >= 4 is 68.4 Å². The van der Waals surface area contributed by atoms with Gasteiger partial charge in [-0.15, -0.1) is 11.3 Å². The zero-order valence-electron chi connectivity index (χ0n) is 28.8. The second-order valence-electron chi connectivity index (χ2n) is 14.3. The van der Waals surface area contributed by atoms with Gasteiger partial charge in [-0.25, -0.2) is 4.90 Å². The third-order valence-corrected chi connectivity index (χ3v) is 13.2. The van der Waals surface area contributed by atoms with Crippen LogP contribution in [0.15, 0.2) is 54.1 Å². The number of hydrogen-bond donors (Lipinski definition) is 2. The zero-order chi connectivity index (χ0) is 37.0. The van der Waals surface area contributed by atoms with Gasteiger partial charge in [-0.1, -0.05) is 23.3 Å². The molecule has 2 aliphatic heterocycles. The molecular weight excluding hydrogens is 708 g/mol. The summed E-state index contributed by atoms with van der Waals surface area (Å²) in [5.74, 6) is -6.33. The Labute approximate surface area is 307 Å². The van der Waals surface area contributed by atoms with Crippen molar-refractivity contribution in [1.29, 1.82) is 0 Å². The molecule has 2 aliphatic carbocycles. The lowest BCUT2D eigenvalue weighted by atomic mass is 9.51. The van der Waals surface area contributed by atoms with Crippen molar-refractivity contribution in [3.8, 4) is 22.1 Å². The SMILES string of the molecule is COc1ccc(O)c(C2C3=CCC4C(=O)N(CCC(=O)O)C(=O)C4C3CC3C(=O)N(c4cc(-c5sc6ccc(Cl)cc6c5C)nn4C)C(=O)C32C)c1. The number of carboxylic acid groups (broad SMARTS) is 1. The maximum atomic E-state index is 15.0. The summed E-state index contributed by atoms with van der Waals surface area (Å²) in [5, 5.41) is 27.0. The number of thiophene rings is 1. The van der Waals surface area contributed by atoms with E-state index < -0.39 is 64.6 Å². The van der Waals surface area contributed by atoms with E-state index in [2.05, 4.69) is 0 Å². The molecule has 12 nitrogen and oxygen atoms in total. The number of aliphatic carboxylic acids is 1. The van der Waals surface area contributed by atoms with Crippen molar-refractivity contribution in [3.05, 3.63) is 70.3 Å². The van der Waals surface area contributed by atoms with Crippen LogP contribution in [0.25, 0.3) is 20.7 Å². The van der Waals surface area contributed by atoms with E-state index in [9.17, 15) is 29.4 Å². The Hall–Kier alpha value is -5.01. The minimum absolute atomic E-state index is 0.104. The second-order valence-corrected chi connectivity index (χ2v) is 15.8. The van der Waals surface area contributed by atoms with E-state index in [0.717, 1.165) is 25.4 Å². The number of anilines is 1. The number of phenols is 1. The molecule has 1 saturated carbocycles. The number of carbonyl (C=O) groups excluding carboxylic acids is 4. The molecule has 2 aromatic heterocycles. The molecule has 4 amide bonds. The van der Waals surface area contributed by atoms with Gasteiger partial charge in [0.1, 0.15) is 23.0 Å². The number of aromatic hydroxyl groups is 1. The number of aromatic nitrogens is 2. The van der Waals surface area contributed by atoms with E-state index in [0.29, 0.717) is 27.6 Å². The average Bonchev–Trinajstić information content (AvgIpc) is 3.78. The van der Waals surface area contributed by atoms with Gasteiger partial charge in [0.05, 0.1) is 41.6 Å². The van der Waals surface area contributed by atoms with Gasteiger partial charge in [-0.2, -0.15) is 5.10 Å². The Kier molecular flexibility index (Phi) is 7.88. The predicted octanol–water partition coefficient (Wildman–Crippen LogP) is 5.68. The number of carboxylic acids is 1. The molecular formula is C38H35ClN4O8S. The predicted molar refractivity (Wildman–Crippen MR) is 192 cm³/mol. The fourth-order valence-electron chi connectivity index (χ4n) is 9.18. The highest BCUT2D eigenvalue weighted by Crippen LogP contribution is 2.64. The van der Waals surface area contributed by atoms with E-state index in [4.69, 9.17) is 21.4 Å². The standard InChI is InChI=1S/C38H35ClN4O8S/c1-17-22-13-18(39)5-10-28(22)52-33(17)26-16-29(41(3)40-26)43-35(48)25-15-23-20(7-8-21-31(23)36(49)42(34(21)47)12-11-30(45)46)32(38(25,2)37(43)50)24-14-19(51-4)6-9-27(24)44/h5-7,9-10,13-14,16,21,23,25,31-32,44H,8,11-12,15H2,1-4H3,(H,45,46). The third kappa shape index (κ3) is 4.78. The number of nitrogens with zero attached hydrogens (tertiary/aromatic N) is 4. The van der Waals surface area contributed by atoms with E-state index in [1.807, 2.05) is 31.2 Å². The van der Waals surface area contributed by atoms with Gasteiger partial charge >= 0.3 is 5.97 Å². The molecule has 2 saturated heterocycles. The number of rotatable bonds is 7. The molecule has 3 fully saturated rings. The van der Waals surface area contributed by atoms with E-state index >= 15 is 4.79 Å². The summed E-state index contributed by atoms with van der Waals surface area (Å²) in [7, 11) is 3.16. The highest BCUT2D eigenvalue weighted by molar-refractivity contribution is 7.22. The van der Waals surface area contributed by atoms with Crippen molar-refractivity contribution in [2.75, 3.05) is 18.6 Å². The molecule has 6 unspecified atom stereocenters. The number of imide groups is 2. The number of likely N-dealkylation sites (tertiary alicyclic amines) is 1. The first-order valence-electron chi connectivity index (χ1n) is 17.0. The van der Waals surface area contributed by atoms with Crippen LogP contribution in [0.5, 0.6) is 11.5 Å². The quantitative estimate of drug-likeness (QED) is 0.179. The number of hydrogen-bond acceptors (Lipinski definition) is 9. The molecule has 0 bridgehead atoms.